The van der Waals surface area contributed by atoms with Gasteiger partial charge in [0.1, 0.15) is 13.2 Å². The molecular formula is C19H18BrN7O3S. The van der Waals surface area contributed by atoms with E-state index in [1.807, 2.05) is 24.3 Å². The van der Waals surface area contributed by atoms with E-state index in [1.165, 1.54) is 4.68 Å². The van der Waals surface area contributed by atoms with Crippen molar-refractivity contribution in [2.45, 2.75) is 5.16 Å². The monoisotopic (exact) mass is 503 g/mol. The van der Waals surface area contributed by atoms with Crippen LogP contribution in [0.3, 0.4) is 0 Å². The Bertz CT molecular complexity index is 1120. The summed E-state index contributed by atoms with van der Waals surface area (Å²) in [5.74, 6) is 7.40. The number of hydrogen-bond acceptors (Lipinski definition) is 9. The van der Waals surface area contributed by atoms with Crippen LogP contribution in [0, 0.1) is 0 Å². The van der Waals surface area contributed by atoms with E-state index in [2.05, 4.69) is 42.0 Å². The number of fused-ring (bicyclic) bond motifs is 1. The summed E-state index contributed by atoms with van der Waals surface area (Å²) in [6, 6.07) is 12.9. The number of hydrogen-bond donors (Lipinski definition) is 3. The summed E-state index contributed by atoms with van der Waals surface area (Å²) in [7, 11) is 0. The second-order valence-electron chi connectivity index (χ2n) is 6.30. The number of nitrogens with one attached hydrogen (secondary N) is 2. The summed E-state index contributed by atoms with van der Waals surface area (Å²) in [5.41, 5.74) is 4.25. The lowest BCUT2D eigenvalue weighted by Crippen LogP contribution is -2.18. The number of nitrogens with two attached hydrogens (primary N) is 1. The van der Waals surface area contributed by atoms with Crippen molar-refractivity contribution in [3.8, 4) is 11.5 Å². The average Bonchev–Trinajstić information content (AvgIpc) is 3.12. The molecule has 0 atom stereocenters. The molecule has 10 nitrogen and oxygen atoms in total. The molecule has 0 aliphatic carbocycles. The number of carbonyl (C=O) groups excluding carboxylic acids is 1. The van der Waals surface area contributed by atoms with Crippen molar-refractivity contribution in [1.82, 2.24) is 14.9 Å². The molecule has 0 saturated carbocycles. The summed E-state index contributed by atoms with van der Waals surface area (Å²) < 4.78 is 13.2. The number of benzene rings is 2. The molecule has 12 heteroatoms. The Morgan fingerprint density at radius 1 is 1.23 bits per heavy atom. The third-order valence-electron chi connectivity index (χ3n) is 4.05. The Morgan fingerprint density at radius 2 is 2.06 bits per heavy atom. The summed E-state index contributed by atoms with van der Waals surface area (Å²) in [4.78, 5) is 12.3. The maximum Gasteiger partial charge on any atom is 0.264 e. The number of ether oxygens (including phenoxy) is 2. The fourth-order valence-electron chi connectivity index (χ4n) is 2.65. The zero-order valence-electron chi connectivity index (χ0n) is 16.1. The van der Waals surface area contributed by atoms with E-state index in [1.54, 1.807) is 24.4 Å². The summed E-state index contributed by atoms with van der Waals surface area (Å²) in [6.07, 6.45) is 1.63. The fourth-order valence-corrected chi connectivity index (χ4v) is 3.72. The van der Waals surface area contributed by atoms with Crippen molar-refractivity contribution in [3.63, 3.8) is 0 Å². The molecule has 2 heterocycles. The normalized spacial score (nSPS) is 12.7. The van der Waals surface area contributed by atoms with Gasteiger partial charge in [0.15, 0.2) is 11.5 Å². The van der Waals surface area contributed by atoms with Gasteiger partial charge in [0.2, 0.25) is 11.1 Å². The highest BCUT2D eigenvalue weighted by molar-refractivity contribution is 9.10. The fraction of sp³-hybridized carbons (Fsp3) is 0.158. The molecule has 0 bridgehead atoms. The van der Waals surface area contributed by atoms with E-state index in [0.717, 1.165) is 21.8 Å². The SMILES string of the molecule is Nn1c(N/N=C/c2cccc(Br)c2)nnc1SCC(=O)Nc1ccc2c(c1)OCCO2. The van der Waals surface area contributed by atoms with Crippen LogP contribution in [-0.4, -0.2) is 46.0 Å². The van der Waals surface area contributed by atoms with Crippen molar-refractivity contribution in [3.05, 3.63) is 52.5 Å². The summed E-state index contributed by atoms with van der Waals surface area (Å²) in [5, 5.41) is 15.2. The topological polar surface area (TPSA) is 129 Å². The zero-order chi connectivity index (χ0) is 21.6. The van der Waals surface area contributed by atoms with Gasteiger partial charge in [-0.2, -0.15) is 5.10 Å². The molecule has 0 unspecified atom stereocenters. The maximum absolute atomic E-state index is 12.3. The van der Waals surface area contributed by atoms with Crippen LogP contribution in [0.1, 0.15) is 5.56 Å². The molecule has 1 aliphatic heterocycles. The van der Waals surface area contributed by atoms with Crippen molar-refractivity contribution < 1.29 is 14.3 Å². The smallest absolute Gasteiger partial charge is 0.264 e. The van der Waals surface area contributed by atoms with E-state index < -0.39 is 0 Å². The molecule has 1 aliphatic rings. The first-order valence-electron chi connectivity index (χ1n) is 9.16. The first kappa shape index (κ1) is 21.0. The van der Waals surface area contributed by atoms with Gasteiger partial charge in [-0.1, -0.05) is 39.8 Å². The van der Waals surface area contributed by atoms with Crippen molar-refractivity contribution in [2.75, 3.05) is 35.6 Å². The molecule has 160 valence electrons. The van der Waals surface area contributed by atoms with Crippen molar-refractivity contribution >= 4 is 51.4 Å². The molecule has 3 aromatic rings. The van der Waals surface area contributed by atoms with Crippen molar-refractivity contribution in [1.29, 1.82) is 0 Å². The number of nitrogens with zero attached hydrogens (tertiary/aromatic N) is 4. The number of halogens is 1. The minimum atomic E-state index is -0.216. The molecule has 31 heavy (non-hydrogen) atoms. The predicted octanol–water partition coefficient (Wildman–Crippen LogP) is 2.70. The lowest BCUT2D eigenvalue weighted by molar-refractivity contribution is -0.113. The molecule has 0 spiro atoms. The van der Waals surface area contributed by atoms with Crippen LogP contribution >= 0.6 is 27.7 Å². The Kier molecular flexibility index (Phi) is 6.57. The van der Waals surface area contributed by atoms with Gasteiger partial charge >= 0.3 is 0 Å². The summed E-state index contributed by atoms with van der Waals surface area (Å²) >= 11 is 4.56. The quantitative estimate of drug-likeness (QED) is 0.194. The number of aromatic nitrogens is 3. The minimum absolute atomic E-state index is 0.102. The third-order valence-corrected chi connectivity index (χ3v) is 5.49. The van der Waals surface area contributed by atoms with E-state index >= 15 is 0 Å². The van der Waals surface area contributed by atoms with Gasteiger partial charge in [0.25, 0.3) is 5.95 Å². The first-order valence-corrected chi connectivity index (χ1v) is 10.9. The minimum Gasteiger partial charge on any atom is -0.486 e. The zero-order valence-corrected chi connectivity index (χ0v) is 18.5. The molecular weight excluding hydrogens is 486 g/mol. The number of amides is 1. The Morgan fingerprint density at radius 3 is 2.90 bits per heavy atom. The Hall–Kier alpha value is -3.25. The Balaban J connectivity index is 1.30. The van der Waals surface area contributed by atoms with Gasteiger partial charge in [-0.15, -0.1) is 10.2 Å². The highest BCUT2D eigenvalue weighted by Crippen LogP contribution is 2.32. The van der Waals surface area contributed by atoms with Gasteiger partial charge in [-0.3, -0.25) is 4.79 Å². The second kappa shape index (κ2) is 9.71. The van der Waals surface area contributed by atoms with E-state index in [9.17, 15) is 4.79 Å². The number of rotatable bonds is 7. The Labute approximate surface area is 190 Å². The number of thioether (sulfide) groups is 1. The number of hydrazone groups is 1. The van der Waals surface area contributed by atoms with Crippen LogP contribution in [0.2, 0.25) is 0 Å². The van der Waals surface area contributed by atoms with Crippen LogP contribution in [-0.2, 0) is 4.79 Å². The highest BCUT2D eigenvalue weighted by atomic mass is 79.9. The van der Waals surface area contributed by atoms with Crippen LogP contribution in [0.5, 0.6) is 11.5 Å². The van der Waals surface area contributed by atoms with Crippen LogP contribution < -0.4 is 26.1 Å². The lowest BCUT2D eigenvalue weighted by atomic mass is 10.2. The largest absolute Gasteiger partial charge is 0.486 e. The second-order valence-corrected chi connectivity index (χ2v) is 8.15. The van der Waals surface area contributed by atoms with Gasteiger partial charge < -0.3 is 20.6 Å². The van der Waals surface area contributed by atoms with E-state index in [4.69, 9.17) is 15.3 Å². The average molecular weight is 504 g/mol. The van der Waals surface area contributed by atoms with Gasteiger partial charge in [-0.25, -0.2) is 10.1 Å². The molecule has 0 saturated heterocycles. The van der Waals surface area contributed by atoms with Crippen molar-refractivity contribution in [2.24, 2.45) is 5.10 Å². The first-order chi connectivity index (χ1) is 15.1. The maximum atomic E-state index is 12.3. The van der Waals surface area contributed by atoms with E-state index in [0.29, 0.717) is 35.6 Å². The van der Waals surface area contributed by atoms with E-state index in [-0.39, 0.29) is 17.6 Å². The number of anilines is 2. The summed E-state index contributed by atoms with van der Waals surface area (Å²) in [6.45, 7) is 0.997. The molecule has 1 aromatic heterocycles. The lowest BCUT2D eigenvalue weighted by Gasteiger charge is -2.18. The number of carbonyl (C=O) groups is 1. The number of nitrogen functional groups attached to an aromatic ring is 1. The van der Waals surface area contributed by atoms with Crippen LogP contribution in [0.25, 0.3) is 0 Å². The molecule has 0 fully saturated rings. The van der Waals surface area contributed by atoms with Crippen LogP contribution in [0.15, 0.2) is 57.2 Å². The van der Waals surface area contributed by atoms with Gasteiger partial charge in [0.05, 0.1) is 12.0 Å². The molecule has 4 rings (SSSR count). The van der Waals surface area contributed by atoms with Crippen LogP contribution in [0.4, 0.5) is 11.6 Å². The standard InChI is InChI=1S/C19H18BrN7O3S/c20-13-3-1-2-12(8-13)10-22-24-18-25-26-19(27(18)21)31-11-17(28)23-14-4-5-15-16(9-14)30-7-6-29-15/h1-5,8-10H,6-7,11,21H2,(H,23,28)(H,24,25)/b22-10+. The van der Waals surface area contributed by atoms with Gasteiger partial charge in [0, 0.05) is 16.2 Å². The van der Waals surface area contributed by atoms with Gasteiger partial charge in [-0.05, 0) is 29.8 Å². The molecule has 1 amide bonds. The predicted molar refractivity (Wildman–Crippen MR) is 122 cm³/mol. The highest BCUT2D eigenvalue weighted by Gasteiger charge is 2.15. The third kappa shape index (κ3) is 5.47. The molecule has 4 N–H and O–H groups in total. The molecule has 2 aromatic carbocycles. The molecule has 0 radical (unpaired) electrons.